The molecule has 0 radical (unpaired) electrons. The number of anilines is 1. The molecule has 0 spiro atoms. The van der Waals surface area contributed by atoms with Gasteiger partial charge in [-0.25, -0.2) is 4.79 Å². The third-order valence-corrected chi connectivity index (χ3v) is 4.90. The lowest BCUT2D eigenvalue weighted by atomic mass is 9.97. The first-order valence-corrected chi connectivity index (χ1v) is 8.82. The first-order valence-electron chi connectivity index (χ1n) is 8.45. The third-order valence-electron chi connectivity index (χ3n) is 4.60. The summed E-state index contributed by atoms with van der Waals surface area (Å²) in [5.74, 6) is -1.68. The van der Waals surface area contributed by atoms with Crippen molar-refractivity contribution < 1.29 is 27.8 Å². The molecule has 1 fully saturated rings. The van der Waals surface area contributed by atoms with Crippen LogP contribution in [0.15, 0.2) is 18.2 Å². The highest BCUT2D eigenvalue weighted by molar-refractivity contribution is 6.33. The molecule has 8 heteroatoms. The zero-order valence-corrected chi connectivity index (χ0v) is 14.9. The third kappa shape index (κ3) is 3.37. The van der Waals surface area contributed by atoms with Crippen LogP contribution < -0.4 is 9.64 Å². The molecule has 0 amide bonds. The van der Waals surface area contributed by atoms with E-state index in [1.807, 2.05) is 11.8 Å². The summed E-state index contributed by atoms with van der Waals surface area (Å²) in [7, 11) is 0. The number of halogens is 4. The molecule has 1 saturated carbocycles. The van der Waals surface area contributed by atoms with Crippen molar-refractivity contribution >= 4 is 29.3 Å². The summed E-state index contributed by atoms with van der Waals surface area (Å²) in [5, 5.41) is 9.57. The van der Waals surface area contributed by atoms with Gasteiger partial charge in [0.05, 0.1) is 10.7 Å². The van der Waals surface area contributed by atoms with Gasteiger partial charge < -0.3 is 14.7 Å². The number of fused-ring (bicyclic) bond motifs is 1. The van der Waals surface area contributed by atoms with Crippen LogP contribution in [0.1, 0.15) is 31.7 Å². The van der Waals surface area contributed by atoms with Crippen LogP contribution >= 0.6 is 11.6 Å². The second kappa shape index (κ2) is 6.68. The molecule has 0 aromatic heterocycles. The Hall–Kier alpha value is -1.89. The normalized spacial score (nSPS) is 21.9. The Labute approximate surface area is 154 Å². The zero-order chi connectivity index (χ0) is 19.1. The second-order valence-electron chi connectivity index (χ2n) is 6.70. The lowest BCUT2D eigenvalue weighted by Gasteiger charge is -2.34. The van der Waals surface area contributed by atoms with Gasteiger partial charge in [0.25, 0.3) is 0 Å². The van der Waals surface area contributed by atoms with Crippen molar-refractivity contribution in [2.24, 2.45) is 5.92 Å². The quantitative estimate of drug-likeness (QED) is 0.762. The lowest BCUT2D eigenvalue weighted by molar-refractivity contribution is -0.235. The van der Waals surface area contributed by atoms with Crippen LogP contribution in [0.4, 0.5) is 18.9 Å². The highest BCUT2D eigenvalue weighted by Crippen LogP contribution is 2.45. The van der Waals surface area contributed by atoms with Crippen LogP contribution in [0.3, 0.4) is 0 Å². The fraction of sp³-hybridized carbons (Fsp3) is 0.500. The van der Waals surface area contributed by atoms with E-state index >= 15 is 0 Å². The summed E-state index contributed by atoms with van der Waals surface area (Å²) in [5.41, 5.74) is -2.50. The summed E-state index contributed by atoms with van der Waals surface area (Å²) in [6.45, 7) is 3.48. The maximum atomic E-state index is 13.4. The van der Waals surface area contributed by atoms with Crippen LogP contribution in [-0.2, 0) is 4.79 Å². The molecule has 2 aliphatic rings. The van der Waals surface area contributed by atoms with Gasteiger partial charge in [-0.2, -0.15) is 13.2 Å². The highest BCUT2D eigenvalue weighted by Gasteiger charge is 2.63. The summed E-state index contributed by atoms with van der Waals surface area (Å²) in [6, 6.07) is 2.93. The van der Waals surface area contributed by atoms with Gasteiger partial charge in [0.2, 0.25) is 0 Å². The lowest BCUT2D eigenvalue weighted by Crippen LogP contribution is -2.56. The first-order chi connectivity index (χ1) is 12.2. The highest BCUT2D eigenvalue weighted by atomic mass is 35.5. The van der Waals surface area contributed by atoms with Gasteiger partial charge in [-0.3, -0.25) is 0 Å². The van der Waals surface area contributed by atoms with Gasteiger partial charge in [0.15, 0.2) is 0 Å². The molecular formula is C18H19ClF3NO3. The Morgan fingerprint density at radius 3 is 2.65 bits per heavy atom. The van der Waals surface area contributed by atoms with Crippen molar-refractivity contribution in [1.29, 1.82) is 0 Å². The van der Waals surface area contributed by atoms with Gasteiger partial charge in [-0.1, -0.05) is 24.6 Å². The van der Waals surface area contributed by atoms with Gasteiger partial charge in [-0.05, 0) is 37.3 Å². The van der Waals surface area contributed by atoms with E-state index in [2.05, 4.69) is 0 Å². The van der Waals surface area contributed by atoms with Gasteiger partial charge in [0.1, 0.15) is 5.75 Å². The van der Waals surface area contributed by atoms with Crippen LogP contribution in [0, 0.1) is 5.92 Å². The predicted molar refractivity (Wildman–Crippen MR) is 92.8 cm³/mol. The number of rotatable bonds is 6. The predicted octanol–water partition coefficient (Wildman–Crippen LogP) is 4.76. The van der Waals surface area contributed by atoms with Crippen molar-refractivity contribution in [3.63, 3.8) is 0 Å². The minimum Gasteiger partial charge on any atom is -0.478 e. The topological polar surface area (TPSA) is 49.8 Å². The molecule has 1 aromatic carbocycles. The van der Waals surface area contributed by atoms with Crippen LogP contribution in [0.5, 0.6) is 5.75 Å². The molecule has 1 aliphatic carbocycles. The molecule has 1 atom stereocenters. The number of benzene rings is 1. The van der Waals surface area contributed by atoms with E-state index in [0.717, 1.165) is 31.9 Å². The monoisotopic (exact) mass is 389 g/mol. The Balaban J connectivity index is 2.00. The Morgan fingerprint density at radius 2 is 2.12 bits per heavy atom. The van der Waals surface area contributed by atoms with E-state index in [0.29, 0.717) is 34.8 Å². The van der Waals surface area contributed by atoms with Crippen molar-refractivity contribution in [1.82, 2.24) is 0 Å². The van der Waals surface area contributed by atoms with E-state index in [9.17, 15) is 18.0 Å². The summed E-state index contributed by atoms with van der Waals surface area (Å²) in [4.78, 5) is 13.4. The van der Waals surface area contributed by atoms with Crippen molar-refractivity contribution in [3.8, 4) is 5.75 Å². The molecule has 0 bridgehead atoms. The van der Waals surface area contributed by atoms with Gasteiger partial charge >= 0.3 is 17.7 Å². The minimum atomic E-state index is -5.09. The maximum Gasteiger partial charge on any atom is 0.443 e. The molecule has 4 nitrogen and oxygen atoms in total. The fourth-order valence-electron chi connectivity index (χ4n) is 3.01. The zero-order valence-electron chi connectivity index (χ0n) is 14.1. The average molecular weight is 390 g/mol. The number of nitrogens with zero attached hydrogens (tertiary/aromatic N) is 1. The number of hydrogen-bond acceptors (Lipinski definition) is 3. The Bertz CT molecular complexity index is 746. The van der Waals surface area contributed by atoms with E-state index in [-0.39, 0.29) is 5.75 Å². The smallest absolute Gasteiger partial charge is 0.443 e. The molecule has 26 heavy (non-hydrogen) atoms. The average Bonchev–Trinajstić information content (AvgIpc) is 3.36. The molecule has 1 heterocycles. The summed E-state index contributed by atoms with van der Waals surface area (Å²) >= 11 is 6.35. The van der Waals surface area contributed by atoms with Crippen LogP contribution in [0.25, 0.3) is 6.08 Å². The fourth-order valence-corrected chi connectivity index (χ4v) is 3.31. The number of carboxylic acids is 1. The van der Waals surface area contributed by atoms with E-state index in [4.69, 9.17) is 21.4 Å². The minimum absolute atomic E-state index is 0.136. The molecule has 1 aliphatic heterocycles. The maximum absolute atomic E-state index is 13.4. The molecule has 142 valence electrons. The van der Waals surface area contributed by atoms with Gasteiger partial charge in [0, 0.05) is 24.7 Å². The van der Waals surface area contributed by atoms with E-state index in [1.54, 1.807) is 0 Å². The van der Waals surface area contributed by atoms with E-state index in [1.165, 1.54) is 12.1 Å². The molecule has 0 saturated heterocycles. The Morgan fingerprint density at radius 1 is 1.42 bits per heavy atom. The molecule has 1 N–H and O–H groups in total. The second-order valence-corrected chi connectivity index (χ2v) is 7.11. The number of hydrogen-bond donors (Lipinski definition) is 1. The molecule has 1 aromatic rings. The first kappa shape index (κ1) is 18.9. The number of aliphatic carboxylic acids is 1. The molecule has 3 rings (SSSR count). The van der Waals surface area contributed by atoms with E-state index < -0.39 is 17.7 Å². The van der Waals surface area contributed by atoms with Crippen molar-refractivity contribution in [2.45, 2.75) is 38.0 Å². The largest absolute Gasteiger partial charge is 0.478 e. The van der Waals surface area contributed by atoms with Crippen molar-refractivity contribution in [2.75, 3.05) is 18.0 Å². The number of carbonyl (C=O) groups is 1. The number of ether oxygens (including phenoxy) is 1. The molecule has 1 unspecified atom stereocenters. The molecular weight excluding hydrogens is 371 g/mol. The standard InChI is InChI=1S/C18H19ClF3NO3/c1-2-7-23(10-11-3-4-11)14-9-15-12(8-13(14)19)5-6-17(26-15,16(24)25)18(20,21)22/h5-6,8-9,11H,2-4,7,10H2,1H3,(H,24,25). The summed E-state index contributed by atoms with van der Waals surface area (Å²) in [6.07, 6.45) is -0.383. The van der Waals surface area contributed by atoms with Gasteiger partial charge in [-0.15, -0.1) is 0 Å². The van der Waals surface area contributed by atoms with Crippen LogP contribution in [-0.4, -0.2) is 35.9 Å². The Kier molecular flexibility index (Phi) is 4.86. The SMILES string of the molecule is CCCN(CC1CC1)c1cc2c(cc1Cl)C=CC(C(=O)O)(C(F)(F)F)O2. The number of carboxylic acid groups (broad SMARTS) is 1. The number of alkyl halides is 3. The summed E-state index contributed by atoms with van der Waals surface area (Å²) < 4.78 is 45.2. The van der Waals surface area contributed by atoms with Crippen molar-refractivity contribution in [3.05, 3.63) is 28.8 Å². The van der Waals surface area contributed by atoms with Crippen LogP contribution in [0.2, 0.25) is 5.02 Å².